The number of hydrogen-bond donors (Lipinski definition) is 18. The molecule has 1 spiro atoms. The number of aliphatic hydroxyl groups excluding tert-OH is 2. The molecule has 12 rings (SSSR count). The molecule has 9 atom stereocenters. The number of ketones is 1. The third-order valence-corrected chi connectivity index (χ3v) is 15.6. The van der Waals surface area contributed by atoms with Crippen LogP contribution in [-0.4, -0.2) is 170 Å². The maximum Gasteiger partial charge on any atom is 0.343 e. The first kappa shape index (κ1) is 54.8. The average Bonchev–Trinajstić information content (AvgIpc) is 1.50. The summed E-state index contributed by atoms with van der Waals surface area (Å²) in [7, 11) is 0. The van der Waals surface area contributed by atoms with Crippen molar-refractivity contribution < 1.29 is 154 Å². The molecule has 0 radical (unpaired) electrons. The SMILES string of the molecule is O=C(O[C@@H]1COC(=O)c2cc(O)c(O)c(O)c2-c2cc(O)c(O)c(O)c2C(=O)O[C@H]1[C@@H]1OC(=O)c2cc(O)c(O)c(O)c2C2=C(O)C(=O)C34Oc5cc(O)c6c(c5[C@@H]3[C@@H]1OC(=O)C24)O[C@H](c1cc(O)c(O)c(O)c1)[C@@H](O)C6)c1cc(O)c(O)c(O)c1. The van der Waals surface area contributed by atoms with Crippen molar-refractivity contribution in [3.63, 3.8) is 0 Å². The van der Waals surface area contributed by atoms with E-state index in [0.717, 1.165) is 18.2 Å². The largest absolute Gasteiger partial charge is 0.507 e. The maximum absolute atomic E-state index is 15.5. The van der Waals surface area contributed by atoms with E-state index in [1.807, 2.05) is 0 Å². The van der Waals surface area contributed by atoms with Crippen molar-refractivity contribution in [1.82, 2.24) is 0 Å². The van der Waals surface area contributed by atoms with Gasteiger partial charge in [0.2, 0.25) is 28.6 Å². The summed E-state index contributed by atoms with van der Waals surface area (Å²) in [6.45, 7) is -1.59. The number of aliphatic hydroxyl groups is 2. The summed E-state index contributed by atoms with van der Waals surface area (Å²) in [5, 5.41) is 197. The number of phenolic OH excluding ortho intramolecular Hbond substituents is 16. The van der Waals surface area contributed by atoms with Gasteiger partial charge in [0.05, 0.1) is 28.7 Å². The molecular formula is C55H38O31. The third-order valence-electron chi connectivity index (χ3n) is 15.6. The number of carbonyl (C=O) groups excluding carboxylic acids is 6. The number of aromatic hydroxyl groups is 16. The summed E-state index contributed by atoms with van der Waals surface area (Å²) in [6.07, 6.45) is -15.4. The molecule has 6 aliphatic rings. The second-order valence-corrected chi connectivity index (χ2v) is 20.3. The first-order chi connectivity index (χ1) is 40.6. The number of benzene rings is 6. The molecule has 31 heteroatoms. The molecule has 0 saturated carbocycles. The number of esters is 5. The molecular weight excluding hydrogens is 1160 g/mol. The quantitative estimate of drug-likeness (QED) is 0.0683. The number of Topliss-reactive ketones (excluding diaryl/α,β-unsaturated/α-hetero) is 1. The van der Waals surface area contributed by atoms with Crippen molar-refractivity contribution in [3.8, 4) is 115 Å². The van der Waals surface area contributed by atoms with Crippen molar-refractivity contribution >= 4 is 41.2 Å². The molecule has 1 saturated heterocycles. The number of carbonyl (C=O) groups is 6. The lowest BCUT2D eigenvalue weighted by Gasteiger charge is -2.47. The minimum Gasteiger partial charge on any atom is -0.507 e. The Hall–Kier alpha value is -11.8. The van der Waals surface area contributed by atoms with Gasteiger partial charge >= 0.3 is 29.8 Å². The van der Waals surface area contributed by atoms with Crippen LogP contribution in [0, 0.1) is 5.92 Å². The molecule has 18 N–H and O–H groups in total. The van der Waals surface area contributed by atoms with Crippen molar-refractivity contribution in [2.75, 3.05) is 6.61 Å². The number of rotatable bonds is 4. The normalized spacial score (nSPS) is 24.4. The molecule has 444 valence electrons. The van der Waals surface area contributed by atoms with E-state index in [-0.39, 0.29) is 11.1 Å². The topological polar surface area (TPSA) is 531 Å². The number of hydrogen-bond acceptors (Lipinski definition) is 31. The van der Waals surface area contributed by atoms with Crippen molar-refractivity contribution in [2.24, 2.45) is 5.92 Å². The van der Waals surface area contributed by atoms with E-state index in [2.05, 4.69) is 0 Å². The molecule has 1 fully saturated rings. The molecule has 31 nitrogen and oxygen atoms in total. The Morgan fingerprint density at radius 2 is 1.03 bits per heavy atom. The number of phenols is 16. The molecule has 86 heavy (non-hydrogen) atoms. The second-order valence-electron chi connectivity index (χ2n) is 20.3. The Bertz CT molecular complexity index is 4130. The zero-order valence-corrected chi connectivity index (χ0v) is 42.5. The summed E-state index contributed by atoms with van der Waals surface area (Å²) in [5.41, 5.74) is -13.3. The van der Waals surface area contributed by atoms with Crippen LogP contribution in [0.1, 0.15) is 75.7 Å². The van der Waals surface area contributed by atoms with E-state index >= 15 is 19.2 Å². The van der Waals surface area contributed by atoms with Crippen LogP contribution in [0.4, 0.5) is 0 Å². The van der Waals surface area contributed by atoms with Gasteiger partial charge in [0, 0.05) is 51.4 Å². The molecule has 0 aromatic heterocycles. The highest BCUT2D eigenvalue weighted by molar-refractivity contribution is 6.21. The lowest BCUT2D eigenvalue weighted by molar-refractivity contribution is -0.200. The monoisotopic (exact) mass is 1190 g/mol. The molecule has 6 aromatic carbocycles. The molecule has 0 amide bonds. The highest BCUT2D eigenvalue weighted by atomic mass is 16.6. The zero-order valence-electron chi connectivity index (χ0n) is 42.5. The van der Waals surface area contributed by atoms with E-state index in [4.69, 9.17) is 33.2 Å². The summed E-state index contributed by atoms with van der Waals surface area (Å²) in [4.78, 5) is 90.2. The van der Waals surface area contributed by atoms with Crippen LogP contribution in [0.25, 0.3) is 16.7 Å². The summed E-state index contributed by atoms with van der Waals surface area (Å²) in [5.74, 6) is -38.8. The van der Waals surface area contributed by atoms with Crippen molar-refractivity contribution in [3.05, 3.63) is 98.8 Å². The number of fused-ring (bicyclic) bond motifs is 8. The number of cyclic esters (lactones) is 3. The molecule has 6 aromatic rings. The predicted octanol–water partition coefficient (Wildman–Crippen LogP) is 2.15. The average molecular weight is 1190 g/mol. The van der Waals surface area contributed by atoms with Crippen LogP contribution < -0.4 is 9.47 Å². The highest BCUT2D eigenvalue weighted by Gasteiger charge is 2.76. The minimum atomic E-state index is -3.14. The van der Waals surface area contributed by atoms with Crippen LogP contribution >= 0.6 is 0 Å². The Labute approximate surface area is 474 Å². The highest BCUT2D eigenvalue weighted by Crippen LogP contribution is 2.67. The van der Waals surface area contributed by atoms with Crippen LogP contribution in [0.3, 0.4) is 0 Å². The van der Waals surface area contributed by atoms with Gasteiger partial charge < -0.3 is 125 Å². The van der Waals surface area contributed by atoms with Gasteiger partial charge in [-0.15, -0.1) is 0 Å². The van der Waals surface area contributed by atoms with Gasteiger partial charge in [-0.1, -0.05) is 0 Å². The Morgan fingerprint density at radius 1 is 0.512 bits per heavy atom. The summed E-state index contributed by atoms with van der Waals surface area (Å²) in [6, 6.07) is 4.71. The van der Waals surface area contributed by atoms with E-state index in [0.29, 0.717) is 30.3 Å². The summed E-state index contributed by atoms with van der Waals surface area (Å²) < 4.78 is 42.3. The molecule has 5 aliphatic heterocycles. The van der Waals surface area contributed by atoms with Gasteiger partial charge in [-0.25, -0.2) is 19.2 Å². The predicted molar refractivity (Wildman–Crippen MR) is 269 cm³/mol. The smallest absolute Gasteiger partial charge is 0.343 e. The van der Waals surface area contributed by atoms with Gasteiger partial charge in [0.15, 0.2) is 105 Å². The molecule has 1 aliphatic carbocycles. The fraction of sp³-hybridized carbons (Fsp3) is 0.200. The first-order valence-corrected chi connectivity index (χ1v) is 24.8. The van der Waals surface area contributed by atoms with E-state index in [1.165, 1.54) is 0 Å². The molecule has 5 heterocycles. The van der Waals surface area contributed by atoms with Crippen LogP contribution in [0.2, 0.25) is 0 Å². The fourth-order valence-corrected chi connectivity index (χ4v) is 11.8. The van der Waals surface area contributed by atoms with Gasteiger partial charge in [0.1, 0.15) is 35.3 Å². The van der Waals surface area contributed by atoms with Crippen LogP contribution in [-0.2, 0) is 39.7 Å². The van der Waals surface area contributed by atoms with Gasteiger partial charge in [0.25, 0.3) is 0 Å². The minimum absolute atomic E-state index is 0.288. The third kappa shape index (κ3) is 7.56. The molecule has 2 unspecified atom stereocenters. The first-order valence-electron chi connectivity index (χ1n) is 24.8. The van der Waals surface area contributed by atoms with E-state index < -0.39 is 262 Å². The zero-order chi connectivity index (χ0) is 61.9. The van der Waals surface area contributed by atoms with Gasteiger partial charge in [-0.05, 0) is 42.5 Å². The fourth-order valence-electron chi connectivity index (χ4n) is 11.8. The van der Waals surface area contributed by atoms with Gasteiger partial charge in [-0.2, -0.15) is 0 Å². The van der Waals surface area contributed by atoms with E-state index in [1.54, 1.807) is 0 Å². The lowest BCUT2D eigenvalue weighted by atomic mass is 9.66. The second kappa shape index (κ2) is 18.6. The lowest BCUT2D eigenvalue weighted by Crippen LogP contribution is -2.65. The summed E-state index contributed by atoms with van der Waals surface area (Å²) >= 11 is 0. The van der Waals surface area contributed by atoms with Crippen molar-refractivity contribution in [2.45, 2.75) is 54.6 Å². The molecule has 4 bridgehead atoms. The van der Waals surface area contributed by atoms with Crippen LogP contribution in [0.15, 0.2) is 54.3 Å². The van der Waals surface area contributed by atoms with Gasteiger partial charge in [-0.3, -0.25) is 9.59 Å². The Balaban J connectivity index is 1.15. The number of ether oxygens (including phenoxy) is 7. The maximum atomic E-state index is 15.5. The van der Waals surface area contributed by atoms with Crippen molar-refractivity contribution in [1.29, 1.82) is 0 Å². The standard InChI is InChI=1S/C55H38O31/c56-17-9-26-31(45-13(17)5-25(64)44(82-45)11-1-18(57)35(65)19(58)2-11)33-47-48(85-52(77)16-8-24(63)38(68)41(71)29(16)32-34(54(79)84-47)55(33,86-26)49(74)43(32)73)46-27(81-50(75)12-3-20(59)36(66)21(60)4-12)10-80-51(76)15-7-23(62)37(67)40(70)28(15)14-6-22(61)39(69)42(72)30(14)53(78)83-46/h1-4,6-9,25,27,33-34,44,46-48,56-73H,5,10H2/t25-,27+,33+,34?,44+,46+,47-,48-,55?/m0/s1. The van der Waals surface area contributed by atoms with E-state index in [9.17, 15) is 102 Å². The Morgan fingerprint density at radius 3 is 1.64 bits per heavy atom. The Kier molecular flexibility index (Phi) is 11.9. The van der Waals surface area contributed by atoms with Crippen LogP contribution in [0.5, 0.6) is 103 Å².